The zero-order valence-electron chi connectivity index (χ0n) is 8.86. The highest BCUT2D eigenvalue weighted by Crippen LogP contribution is 2.30. The van der Waals surface area contributed by atoms with Crippen LogP contribution in [-0.4, -0.2) is 23.1 Å². The number of ether oxygens (including phenoxy) is 1. The minimum atomic E-state index is -1.02. The Kier molecular flexibility index (Phi) is 3.88. The summed E-state index contributed by atoms with van der Waals surface area (Å²) >= 11 is 0. The van der Waals surface area contributed by atoms with E-state index in [-0.39, 0.29) is 5.57 Å². The summed E-state index contributed by atoms with van der Waals surface area (Å²) in [6.07, 6.45) is 3.04. The van der Waals surface area contributed by atoms with Crippen LogP contribution in [0.15, 0.2) is 12.2 Å². The lowest BCUT2D eigenvalue weighted by atomic mass is 9.94. The molecule has 0 aromatic rings. The van der Waals surface area contributed by atoms with Gasteiger partial charge in [0.2, 0.25) is 0 Å². The van der Waals surface area contributed by atoms with Crippen molar-refractivity contribution in [1.82, 2.24) is 0 Å². The van der Waals surface area contributed by atoms with Crippen LogP contribution >= 0.6 is 0 Å². The summed E-state index contributed by atoms with van der Waals surface area (Å²) in [5, 5.41) is 8.94. The molecule has 2 atom stereocenters. The third-order valence-electron chi connectivity index (χ3n) is 2.63. The highest BCUT2D eigenvalue weighted by atomic mass is 16.6. The van der Waals surface area contributed by atoms with Crippen LogP contribution < -0.4 is 0 Å². The van der Waals surface area contributed by atoms with Crippen LogP contribution in [0.4, 0.5) is 0 Å². The van der Waals surface area contributed by atoms with Gasteiger partial charge in [-0.2, -0.15) is 0 Å². The van der Waals surface area contributed by atoms with Gasteiger partial charge in [0.1, 0.15) is 12.0 Å². The van der Waals surface area contributed by atoms with Crippen LogP contribution in [-0.2, 0) is 14.3 Å². The number of hydrogen-bond acceptors (Lipinski definition) is 3. The van der Waals surface area contributed by atoms with Gasteiger partial charge in [-0.3, -0.25) is 4.79 Å². The Hall–Kier alpha value is -1.32. The molecule has 0 amide bonds. The molecule has 84 valence electrons. The van der Waals surface area contributed by atoms with E-state index in [9.17, 15) is 9.59 Å². The molecule has 1 unspecified atom stereocenters. The molecule has 1 heterocycles. The lowest BCUT2D eigenvalue weighted by molar-refractivity contribution is -0.144. The maximum absolute atomic E-state index is 11.1. The molecule has 1 rings (SSSR count). The Balaban J connectivity index is 2.59. The minimum absolute atomic E-state index is 0.0731. The normalized spacial score (nSPS) is 25.4. The fourth-order valence-electron chi connectivity index (χ4n) is 1.76. The molecule has 4 nitrogen and oxygen atoms in total. The third kappa shape index (κ3) is 2.58. The van der Waals surface area contributed by atoms with Crippen molar-refractivity contribution in [2.45, 2.75) is 38.7 Å². The number of esters is 1. The number of cyclic esters (lactones) is 1. The van der Waals surface area contributed by atoms with Crippen molar-refractivity contribution in [2.24, 2.45) is 5.92 Å². The summed E-state index contributed by atoms with van der Waals surface area (Å²) in [7, 11) is 0. The predicted molar refractivity (Wildman–Crippen MR) is 54.3 cm³/mol. The van der Waals surface area contributed by atoms with Crippen molar-refractivity contribution in [2.75, 3.05) is 0 Å². The van der Waals surface area contributed by atoms with E-state index in [1.54, 1.807) is 0 Å². The van der Waals surface area contributed by atoms with E-state index in [2.05, 4.69) is 13.5 Å². The molecule has 0 radical (unpaired) electrons. The summed E-state index contributed by atoms with van der Waals surface area (Å²) in [6.45, 7) is 5.52. The van der Waals surface area contributed by atoms with Crippen LogP contribution in [0.2, 0.25) is 0 Å². The van der Waals surface area contributed by atoms with Crippen molar-refractivity contribution >= 4 is 11.9 Å². The molecule has 0 bridgehead atoms. The van der Waals surface area contributed by atoms with E-state index < -0.39 is 24.0 Å². The number of carboxylic acid groups (broad SMARTS) is 1. The van der Waals surface area contributed by atoms with Gasteiger partial charge in [0, 0.05) is 5.57 Å². The van der Waals surface area contributed by atoms with E-state index in [1.165, 1.54) is 0 Å². The number of unbranched alkanes of at least 4 members (excludes halogenated alkanes) is 2. The average Bonchev–Trinajstić information content (AvgIpc) is 2.43. The van der Waals surface area contributed by atoms with E-state index in [0.717, 1.165) is 19.3 Å². The summed E-state index contributed by atoms with van der Waals surface area (Å²) in [6, 6.07) is 0. The summed E-state index contributed by atoms with van der Waals surface area (Å²) < 4.78 is 4.97. The fourth-order valence-corrected chi connectivity index (χ4v) is 1.76. The van der Waals surface area contributed by atoms with E-state index in [4.69, 9.17) is 9.84 Å². The number of carbonyl (C=O) groups is 2. The smallest absolute Gasteiger partial charge is 0.334 e. The highest BCUT2D eigenvalue weighted by molar-refractivity contribution is 5.97. The summed E-state index contributed by atoms with van der Waals surface area (Å²) in [5.41, 5.74) is 0.0731. The van der Waals surface area contributed by atoms with Crippen LogP contribution in [0, 0.1) is 5.92 Å². The lowest BCUT2D eigenvalue weighted by Crippen LogP contribution is -2.24. The maximum atomic E-state index is 11.1. The van der Waals surface area contributed by atoms with Crippen molar-refractivity contribution in [3.8, 4) is 0 Å². The number of aliphatic carboxylic acids is 1. The van der Waals surface area contributed by atoms with Crippen LogP contribution in [0.5, 0.6) is 0 Å². The standard InChI is InChI=1S/C11H16O4/c1-3-4-5-6-8-9(10(12)13)7(2)11(14)15-8/h8-9H,2-6H2,1H3,(H,12,13)/t8-,9?/m0/s1. The first-order valence-corrected chi connectivity index (χ1v) is 5.20. The molecule has 0 saturated carbocycles. The van der Waals surface area contributed by atoms with Gasteiger partial charge >= 0.3 is 11.9 Å². The Morgan fingerprint density at radius 2 is 2.20 bits per heavy atom. The van der Waals surface area contributed by atoms with Crippen molar-refractivity contribution in [3.05, 3.63) is 12.2 Å². The molecule has 0 aromatic carbocycles. The predicted octanol–water partition coefficient (Wildman–Crippen LogP) is 1.75. The Morgan fingerprint density at radius 1 is 1.53 bits per heavy atom. The first-order valence-electron chi connectivity index (χ1n) is 5.20. The van der Waals surface area contributed by atoms with Gasteiger partial charge in [-0.05, 0) is 12.8 Å². The molecule has 0 spiro atoms. The van der Waals surface area contributed by atoms with Gasteiger partial charge in [-0.25, -0.2) is 4.79 Å². The van der Waals surface area contributed by atoms with Gasteiger partial charge in [0.25, 0.3) is 0 Å². The van der Waals surface area contributed by atoms with E-state index >= 15 is 0 Å². The molecule has 15 heavy (non-hydrogen) atoms. The number of carboxylic acids is 1. The second-order valence-electron chi connectivity index (χ2n) is 3.78. The quantitative estimate of drug-likeness (QED) is 0.428. The molecular weight excluding hydrogens is 196 g/mol. The first kappa shape index (κ1) is 11.8. The monoisotopic (exact) mass is 212 g/mol. The highest BCUT2D eigenvalue weighted by Gasteiger charge is 2.42. The largest absolute Gasteiger partial charge is 0.481 e. The number of carbonyl (C=O) groups excluding carboxylic acids is 1. The van der Waals surface area contributed by atoms with Crippen molar-refractivity contribution < 1.29 is 19.4 Å². The molecule has 0 aliphatic carbocycles. The van der Waals surface area contributed by atoms with Crippen LogP contribution in [0.1, 0.15) is 32.6 Å². The van der Waals surface area contributed by atoms with Gasteiger partial charge in [-0.1, -0.05) is 26.3 Å². The molecule has 0 aromatic heterocycles. The maximum Gasteiger partial charge on any atom is 0.334 e. The Labute approximate surface area is 88.9 Å². The Morgan fingerprint density at radius 3 is 2.73 bits per heavy atom. The zero-order chi connectivity index (χ0) is 11.4. The third-order valence-corrected chi connectivity index (χ3v) is 2.63. The number of rotatable bonds is 5. The molecule has 1 aliphatic rings. The van der Waals surface area contributed by atoms with Crippen molar-refractivity contribution in [3.63, 3.8) is 0 Å². The fraction of sp³-hybridized carbons (Fsp3) is 0.636. The van der Waals surface area contributed by atoms with E-state index in [1.807, 2.05) is 0 Å². The molecule has 1 N–H and O–H groups in total. The second-order valence-corrected chi connectivity index (χ2v) is 3.78. The van der Waals surface area contributed by atoms with E-state index in [0.29, 0.717) is 6.42 Å². The van der Waals surface area contributed by atoms with Gasteiger partial charge in [-0.15, -0.1) is 0 Å². The van der Waals surface area contributed by atoms with Crippen LogP contribution in [0.3, 0.4) is 0 Å². The lowest BCUT2D eigenvalue weighted by Gasteiger charge is -2.13. The summed E-state index contributed by atoms with van der Waals surface area (Å²) in [5.74, 6) is -2.44. The van der Waals surface area contributed by atoms with Crippen molar-refractivity contribution in [1.29, 1.82) is 0 Å². The molecule has 1 fully saturated rings. The van der Waals surface area contributed by atoms with Gasteiger partial charge in [0.05, 0.1) is 0 Å². The topological polar surface area (TPSA) is 63.6 Å². The molecule has 1 saturated heterocycles. The second kappa shape index (κ2) is 4.96. The van der Waals surface area contributed by atoms with Crippen LogP contribution in [0.25, 0.3) is 0 Å². The first-order chi connectivity index (χ1) is 7.07. The number of hydrogen-bond donors (Lipinski definition) is 1. The molecule has 1 aliphatic heterocycles. The molecular formula is C11H16O4. The average molecular weight is 212 g/mol. The zero-order valence-corrected chi connectivity index (χ0v) is 8.86. The summed E-state index contributed by atoms with van der Waals surface area (Å²) in [4.78, 5) is 22.1. The van der Waals surface area contributed by atoms with Gasteiger partial charge < -0.3 is 9.84 Å². The Bertz CT molecular complexity index is 282. The molecule has 4 heteroatoms. The minimum Gasteiger partial charge on any atom is -0.481 e. The SMILES string of the molecule is C=C1C(=O)O[C@@H](CCCCC)C1C(=O)O. The van der Waals surface area contributed by atoms with Gasteiger partial charge in [0.15, 0.2) is 0 Å².